The first-order valence-corrected chi connectivity index (χ1v) is 6.98. The van der Waals surface area contributed by atoms with Crippen LogP contribution in [0.1, 0.15) is 15.9 Å². The summed E-state index contributed by atoms with van der Waals surface area (Å²) in [5.41, 5.74) is 1.47. The van der Waals surface area contributed by atoms with Crippen molar-refractivity contribution >= 4 is 27.5 Å². The molecule has 0 aliphatic rings. The van der Waals surface area contributed by atoms with E-state index in [1.165, 1.54) is 18.3 Å². The Balaban J connectivity index is 1.85. The van der Waals surface area contributed by atoms with E-state index in [2.05, 4.69) is 26.2 Å². The van der Waals surface area contributed by atoms with Gasteiger partial charge < -0.3 is 5.32 Å². The summed E-state index contributed by atoms with van der Waals surface area (Å²) < 4.78 is 0.671. The number of nitro groups is 1. The number of nitrogens with one attached hydrogen (secondary N) is 1. The Kier molecular flexibility index (Phi) is 4.99. The highest BCUT2D eigenvalue weighted by Crippen LogP contribution is 2.12. The molecular formula is C14H12BrN3O3. The fourth-order valence-electron chi connectivity index (χ4n) is 1.72. The number of amides is 1. The van der Waals surface area contributed by atoms with E-state index in [-0.39, 0.29) is 11.6 Å². The van der Waals surface area contributed by atoms with Crippen LogP contribution in [0.4, 0.5) is 5.69 Å². The molecule has 1 N–H and O–H groups in total. The van der Waals surface area contributed by atoms with Crippen molar-refractivity contribution in [2.24, 2.45) is 0 Å². The van der Waals surface area contributed by atoms with Crippen LogP contribution >= 0.6 is 15.9 Å². The molecule has 0 saturated carbocycles. The lowest BCUT2D eigenvalue weighted by Crippen LogP contribution is -2.25. The minimum Gasteiger partial charge on any atom is -0.352 e. The molecule has 0 spiro atoms. The molecule has 0 aliphatic carbocycles. The summed E-state index contributed by atoms with van der Waals surface area (Å²) in [6, 6.07) is 9.66. The highest BCUT2D eigenvalue weighted by Gasteiger charge is 2.06. The lowest BCUT2D eigenvalue weighted by atomic mass is 10.1. The molecule has 0 saturated heterocycles. The molecule has 0 radical (unpaired) electrons. The number of hydrogen-bond acceptors (Lipinski definition) is 4. The van der Waals surface area contributed by atoms with Crippen molar-refractivity contribution in [2.45, 2.75) is 6.42 Å². The zero-order chi connectivity index (χ0) is 15.2. The van der Waals surface area contributed by atoms with E-state index in [9.17, 15) is 14.9 Å². The SMILES string of the molecule is O=C(NCCc1ccc([N+](=O)[O-])cc1)c1ccc(Br)nc1. The molecule has 0 aliphatic heterocycles. The maximum Gasteiger partial charge on any atom is 0.269 e. The zero-order valence-electron chi connectivity index (χ0n) is 11.0. The van der Waals surface area contributed by atoms with Gasteiger partial charge >= 0.3 is 0 Å². The molecule has 1 amide bonds. The van der Waals surface area contributed by atoms with Crippen LogP contribution in [-0.4, -0.2) is 22.4 Å². The topological polar surface area (TPSA) is 85.1 Å². The summed E-state index contributed by atoms with van der Waals surface area (Å²) >= 11 is 3.20. The van der Waals surface area contributed by atoms with Gasteiger partial charge in [-0.2, -0.15) is 0 Å². The third kappa shape index (κ3) is 4.35. The first-order chi connectivity index (χ1) is 10.1. The van der Waals surface area contributed by atoms with Crippen molar-refractivity contribution in [1.82, 2.24) is 10.3 Å². The van der Waals surface area contributed by atoms with Gasteiger partial charge in [-0.3, -0.25) is 14.9 Å². The van der Waals surface area contributed by atoms with Gasteiger partial charge in [0.2, 0.25) is 0 Å². The van der Waals surface area contributed by atoms with Gasteiger partial charge in [0.05, 0.1) is 10.5 Å². The van der Waals surface area contributed by atoms with Gasteiger partial charge in [0.1, 0.15) is 4.60 Å². The number of nitrogens with zero attached hydrogens (tertiary/aromatic N) is 2. The lowest BCUT2D eigenvalue weighted by Gasteiger charge is -2.05. The largest absolute Gasteiger partial charge is 0.352 e. The van der Waals surface area contributed by atoms with Crippen LogP contribution in [0.15, 0.2) is 47.2 Å². The molecule has 2 rings (SSSR count). The Bertz CT molecular complexity index is 642. The fourth-order valence-corrected chi connectivity index (χ4v) is 1.95. The van der Waals surface area contributed by atoms with E-state index in [1.54, 1.807) is 24.3 Å². The van der Waals surface area contributed by atoms with Crippen LogP contribution in [0.3, 0.4) is 0 Å². The van der Waals surface area contributed by atoms with Crippen LogP contribution in [0.25, 0.3) is 0 Å². The molecule has 108 valence electrons. The summed E-state index contributed by atoms with van der Waals surface area (Å²) in [4.78, 5) is 25.9. The normalized spacial score (nSPS) is 10.1. The van der Waals surface area contributed by atoms with E-state index >= 15 is 0 Å². The summed E-state index contributed by atoms with van der Waals surface area (Å²) in [6.45, 7) is 0.451. The van der Waals surface area contributed by atoms with Crippen molar-refractivity contribution < 1.29 is 9.72 Å². The highest BCUT2D eigenvalue weighted by molar-refractivity contribution is 9.10. The number of non-ortho nitro benzene ring substituents is 1. The van der Waals surface area contributed by atoms with Gasteiger partial charge in [-0.15, -0.1) is 0 Å². The van der Waals surface area contributed by atoms with E-state index < -0.39 is 4.92 Å². The molecule has 7 heteroatoms. The average molecular weight is 350 g/mol. The lowest BCUT2D eigenvalue weighted by molar-refractivity contribution is -0.384. The number of aromatic nitrogens is 1. The number of rotatable bonds is 5. The maximum absolute atomic E-state index is 11.8. The van der Waals surface area contributed by atoms with Gasteiger partial charge in [-0.1, -0.05) is 12.1 Å². The third-order valence-electron chi connectivity index (χ3n) is 2.84. The smallest absolute Gasteiger partial charge is 0.269 e. The van der Waals surface area contributed by atoms with E-state index in [1.807, 2.05) is 0 Å². The zero-order valence-corrected chi connectivity index (χ0v) is 12.5. The summed E-state index contributed by atoms with van der Waals surface area (Å²) in [7, 11) is 0. The number of carbonyl (C=O) groups excluding carboxylic acids is 1. The van der Waals surface area contributed by atoms with Gasteiger partial charge in [0, 0.05) is 24.9 Å². The second-order valence-corrected chi connectivity index (χ2v) is 5.11. The minimum absolute atomic E-state index is 0.0590. The fraction of sp³-hybridized carbons (Fsp3) is 0.143. The third-order valence-corrected chi connectivity index (χ3v) is 3.31. The molecule has 1 aromatic carbocycles. The number of pyridine rings is 1. The molecular weight excluding hydrogens is 338 g/mol. The number of carbonyl (C=O) groups is 1. The molecule has 0 unspecified atom stereocenters. The monoisotopic (exact) mass is 349 g/mol. The Hall–Kier alpha value is -2.28. The summed E-state index contributed by atoms with van der Waals surface area (Å²) in [6.07, 6.45) is 2.10. The first-order valence-electron chi connectivity index (χ1n) is 6.19. The standard InChI is InChI=1S/C14H12BrN3O3/c15-13-6-3-11(9-17-13)14(19)16-8-7-10-1-4-12(5-2-10)18(20)21/h1-6,9H,7-8H2,(H,16,19). The van der Waals surface area contributed by atoms with Gasteiger partial charge in [-0.05, 0) is 40.0 Å². The van der Waals surface area contributed by atoms with Crippen molar-refractivity contribution in [1.29, 1.82) is 0 Å². The second kappa shape index (κ2) is 6.94. The Labute approximate surface area is 129 Å². The molecule has 0 bridgehead atoms. The quantitative estimate of drug-likeness (QED) is 0.510. The van der Waals surface area contributed by atoms with E-state index in [4.69, 9.17) is 0 Å². The minimum atomic E-state index is -0.438. The predicted octanol–water partition coefficient (Wildman–Crippen LogP) is 2.72. The molecule has 21 heavy (non-hydrogen) atoms. The Morgan fingerprint density at radius 2 is 1.95 bits per heavy atom. The second-order valence-electron chi connectivity index (χ2n) is 4.30. The van der Waals surface area contributed by atoms with Crippen LogP contribution in [0, 0.1) is 10.1 Å². The van der Waals surface area contributed by atoms with Crippen molar-refractivity contribution in [3.05, 3.63) is 68.4 Å². The van der Waals surface area contributed by atoms with Gasteiger partial charge in [0.15, 0.2) is 0 Å². The first kappa shape index (κ1) is 15.1. The molecule has 0 fully saturated rings. The summed E-state index contributed by atoms with van der Waals surface area (Å²) in [5, 5.41) is 13.3. The summed E-state index contributed by atoms with van der Waals surface area (Å²) in [5.74, 6) is -0.197. The number of nitro benzene ring substituents is 1. The van der Waals surface area contributed by atoms with Crippen molar-refractivity contribution in [3.63, 3.8) is 0 Å². The molecule has 1 aromatic heterocycles. The molecule has 6 nitrogen and oxygen atoms in total. The van der Waals surface area contributed by atoms with E-state index in [0.29, 0.717) is 23.1 Å². The predicted molar refractivity (Wildman–Crippen MR) is 81.1 cm³/mol. The van der Waals surface area contributed by atoms with Crippen LogP contribution in [-0.2, 0) is 6.42 Å². The van der Waals surface area contributed by atoms with E-state index in [0.717, 1.165) is 5.56 Å². The molecule has 1 heterocycles. The van der Waals surface area contributed by atoms with Crippen LogP contribution < -0.4 is 5.32 Å². The molecule has 2 aromatic rings. The maximum atomic E-state index is 11.8. The van der Waals surface area contributed by atoms with Crippen molar-refractivity contribution in [2.75, 3.05) is 6.54 Å². The van der Waals surface area contributed by atoms with Crippen LogP contribution in [0.5, 0.6) is 0 Å². The van der Waals surface area contributed by atoms with Crippen molar-refractivity contribution in [3.8, 4) is 0 Å². The Morgan fingerprint density at radius 3 is 2.52 bits per heavy atom. The van der Waals surface area contributed by atoms with Gasteiger partial charge in [0.25, 0.3) is 11.6 Å². The van der Waals surface area contributed by atoms with Crippen LogP contribution in [0.2, 0.25) is 0 Å². The highest BCUT2D eigenvalue weighted by atomic mass is 79.9. The van der Waals surface area contributed by atoms with Gasteiger partial charge in [-0.25, -0.2) is 4.98 Å². The number of hydrogen-bond donors (Lipinski definition) is 1. The number of halogens is 1. The Morgan fingerprint density at radius 1 is 1.24 bits per heavy atom. The number of benzene rings is 1. The average Bonchev–Trinajstić information content (AvgIpc) is 2.48. The molecule has 0 atom stereocenters.